The SMILES string of the molecule is Cc1ccccc1C1CN=CO1. The van der Waals surface area contributed by atoms with E-state index in [2.05, 4.69) is 24.0 Å². The van der Waals surface area contributed by atoms with Crippen molar-refractivity contribution in [3.8, 4) is 0 Å². The van der Waals surface area contributed by atoms with Crippen LogP contribution in [0.4, 0.5) is 0 Å². The topological polar surface area (TPSA) is 21.6 Å². The van der Waals surface area contributed by atoms with E-state index in [9.17, 15) is 0 Å². The first-order chi connectivity index (χ1) is 5.88. The third kappa shape index (κ3) is 1.20. The van der Waals surface area contributed by atoms with Gasteiger partial charge in [-0.15, -0.1) is 0 Å². The largest absolute Gasteiger partial charge is 0.474 e. The summed E-state index contributed by atoms with van der Waals surface area (Å²) in [4.78, 5) is 4.04. The number of aliphatic imine (C=N–C) groups is 1. The Kier molecular flexibility index (Phi) is 1.82. The van der Waals surface area contributed by atoms with Gasteiger partial charge in [0.15, 0.2) is 6.40 Å². The number of benzene rings is 1. The molecule has 0 saturated carbocycles. The second-order valence-electron chi connectivity index (χ2n) is 2.95. The number of nitrogens with zero attached hydrogens (tertiary/aromatic N) is 1. The van der Waals surface area contributed by atoms with Gasteiger partial charge in [-0.1, -0.05) is 24.3 Å². The molecular weight excluding hydrogens is 150 g/mol. The summed E-state index contributed by atoms with van der Waals surface area (Å²) < 4.78 is 5.33. The molecule has 1 aliphatic heterocycles. The summed E-state index contributed by atoms with van der Waals surface area (Å²) in [7, 11) is 0. The van der Waals surface area contributed by atoms with Crippen molar-refractivity contribution in [2.24, 2.45) is 4.99 Å². The molecule has 0 aliphatic carbocycles. The van der Waals surface area contributed by atoms with E-state index in [1.807, 2.05) is 12.1 Å². The Morgan fingerprint density at radius 1 is 1.42 bits per heavy atom. The van der Waals surface area contributed by atoms with Gasteiger partial charge in [-0.05, 0) is 18.1 Å². The highest BCUT2D eigenvalue weighted by molar-refractivity contribution is 5.50. The predicted molar refractivity (Wildman–Crippen MR) is 48.4 cm³/mol. The molecule has 0 N–H and O–H groups in total. The third-order valence-corrected chi connectivity index (χ3v) is 2.11. The molecule has 0 amide bonds. The lowest BCUT2D eigenvalue weighted by Crippen LogP contribution is -2.02. The van der Waals surface area contributed by atoms with Crippen LogP contribution in [0.1, 0.15) is 17.2 Å². The van der Waals surface area contributed by atoms with Crippen molar-refractivity contribution in [3.05, 3.63) is 35.4 Å². The van der Waals surface area contributed by atoms with E-state index in [0.29, 0.717) is 0 Å². The van der Waals surface area contributed by atoms with Crippen LogP contribution in [-0.2, 0) is 4.74 Å². The van der Waals surface area contributed by atoms with Gasteiger partial charge in [-0.2, -0.15) is 0 Å². The molecule has 2 rings (SSSR count). The Morgan fingerprint density at radius 3 is 2.92 bits per heavy atom. The average molecular weight is 161 g/mol. The Morgan fingerprint density at radius 2 is 2.25 bits per heavy atom. The summed E-state index contributed by atoms with van der Waals surface area (Å²) in [6, 6.07) is 8.25. The van der Waals surface area contributed by atoms with E-state index in [-0.39, 0.29) is 6.10 Å². The Balaban J connectivity index is 2.27. The fourth-order valence-electron chi connectivity index (χ4n) is 1.42. The highest BCUT2D eigenvalue weighted by Gasteiger charge is 2.16. The Bertz CT molecular complexity index is 298. The van der Waals surface area contributed by atoms with Crippen molar-refractivity contribution >= 4 is 6.40 Å². The van der Waals surface area contributed by atoms with Crippen LogP contribution in [-0.4, -0.2) is 12.9 Å². The number of hydrogen-bond acceptors (Lipinski definition) is 2. The molecule has 62 valence electrons. The average Bonchev–Trinajstić information content (AvgIpc) is 2.57. The van der Waals surface area contributed by atoms with Gasteiger partial charge in [-0.3, -0.25) is 4.99 Å². The molecule has 1 unspecified atom stereocenters. The molecule has 1 aromatic rings. The summed E-state index contributed by atoms with van der Waals surface area (Å²) >= 11 is 0. The number of aryl methyl sites for hydroxylation is 1. The van der Waals surface area contributed by atoms with E-state index < -0.39 is 0 Å². The standard InChI is InChI=1S/C10H11NO/c1-8-4-2-3-5-9(8)10-6-11-7-12-10/h2-5,7,10H,6H2,1H3. The van der Waals surface area contributed by atoms with Gasteiger partial charge >= 0.3 is 0 Å². The molecule has 0 fully saturated rings. The minimum Gasteiger partial charge on any atom is -0.474 e. The lowest BCUT2D eigenvalue weighted by atomic mass is 10.0. The number of hydrogen-bond donors (Lipinski definition) is 0. The summed E-state index contributed by atoms with van der Waals surface area (Å²) in [6.07, 6.45) is 1.68. The maximum Gasteiger partial charge on any atom is 0.170 e. The summed E-state index contributed by atoms with van der Waals surface area (Å²) in [5, 5.41) is 0. The summed E-state index contributed by atoms with van der Waals surface area (Å²) in [5.41, 5.74) is 2.52. The van der Waals surface area contributed by atoms with Crippen molar-refractivity contribution in [2.75, 3.05) is 6.54 Å². The number of ether oxygens (including phenoxy) is 1. The molecule has 0 aromatic heterocycles. The third-order valence-electron chi connectivity index (χ3n) is 2.11. The fraction of sp³-hybridized carbons (Fsp3) is 0.300. The van der Waals surface area contributed by atoms with Gasteiger partial charge in [0.25, 0.3) is 0 Å². The summed E-state index contributed by atoms with van der Waals surface area (Å²) in [6.45, 7) is 2.85. The van der Waals surface area contributed by atoms with Crippen LogP contribution in [0.25, 0.3) is 0 Å². The zero-order valence-corrected chi connectivity index (χ0v) is 7.03. The molecule has 2 heteroatoms. The van der Waals surface area contributed by atoms with Gasteiger partial charge in [0.1, 0.15) is 6.10 Å². The van der Waals surface area contributed by atoms with Crippen molar-refractivity contribution in [1.82, 2.24) is 0 Å². The van der Waals surface area contributed by atoms with Gasteiger partial charge in [0.05, 0.1) is 6.54 Å². The zero-order chi connectivity index (χ0) is 8.39. The van der Waals surface area contributed by atoms with Crippen LogP contribution in [0.5, 0.6) is 0 Å². The molecule has 12 heavy (non-hydrogen) atoms. The quantitative estimate of drug-likeness (QED) is 0.618. The molecule has 2 nitrogen and oxygen atoms in total. The predicted octanol–water partition coefficient (Wildman–Crippen LogP) is 2.09. The molecule has 1 aromatic carbocycles. The van der Waals surface area contributed by atoms with Crippen molar-refractivity contribution in [1.29, 1.82) is 0 Å². The summed E-state index contributed by atoms with van der Waals surface area (Å²) in [5.74, 6) is 0. The van der Waals surface area contributed by atoms with Gasteiger partial charge < -0.3 is 4.74 Å². The smallest absolute Gasteiger partial charge is 0.170 e. The normalized spacial score (nSPS) is 20.9. The first-order valence-electron chi connectivity index (χ1n) is 4.07. The lowest BCUT2D eigenvalue weighted by Gasteiger charge is -2.11. The minimum atomic E-state index is 0.145. The van der Waals surface area contributed by atoms with Crippen LogP contribution >= 0.6 is 0 Å². The highest BCUT2D eigenvalue weighted by Crippen LogP contribution is 2.22. The van der Waals surface area contributed by atoms with Crippen LogP contribution < -0.4 is 0 Å². The van der Waals surface area contributed by atoms with Crippen LogP contribution in [0.2, 0.25) is 0 Å². The monoisotopic (exact) mass is 161 g/mol. The molecule has 1 aliphatic rings. The van der Waals surface area contributed by atoms with Crippen molar-refractivity contribution in [3.63, 3.8) is 0 Å². The second-order valence-corrected chi connectivity index (χ2v) is 2.95. The lowest BCUT2D eigenvalue weighted by molar-refractivity contribution is 0.239. The molecule has 0 bridgehead atoms. The van der Waals surface area contributed by atoms with E-state index in [1.165, 1.54) is 17.5 Å². The van der Waals surface area contributed by atoms with Crippen LogP contribution in [0.3, 0.4) is 0 Å². The van der Waals surface area contributed by atoms with Crippen molar-refractivity contribution in [2.45, 2.75) is 13.0 Å². The molecular formula is C10H11NO. The molecule has 0 spiro atoms. The van der Waals surface area contributed by atoms with Crippen molar-refractivity contribution < 1.29 is 4.74 Å². The van der Waals surface area contributed by atoms with Crippen LogP contribution in [0.15, 0.2) is 29.3 Å². The van der Waals surface area contributed by atoms with Gasteiger partial charge in [-0.25, -0.2) is 0 Å². The van der Waals surface area contributed by atoms with Gasteiger partial charge in [0.2, 0.25) is 0 Å². The van der Waals surface area contributed by atoms with E-state index >= 15 is 0 Å². The first-order valence-corrected chi connectivity index (χ1v) is 4.07. The fourth-order valence-corrected chi connectivity index (χ4v) is 1.42. The molecule has 1 atom stereocenters. The second kappa shape index (κ2) is 2.97. The molecule has 1 heterocycles. The number of rotatable bonds is 1. The minimum absolute atomic E-state index is 0.145. The van der Waals surface area contributed by atoms with Gasteiger partial charge in [0, 0.05) is 0 Å². The Labute approximate surface area is 71.9 Å². The first kappa shape index (κ1) is 7.35. The van der Waals surface area contributed by atoms with E-state index in [0.717, 1.165) is 6.54 Å². The van der Waals surface area contributed by atoms with E-state index in [1.54, 1.807) is 0 Å². The highest BCUT2D eigenvalue weighted by atomic mass is 16.5. The van der Waals surface area contributed by atoms with Crippen LogP contribution in [0, 0.1) is 6.92 Å². The maximum atomic E-state index is 5.33. The zero-order valence-electron chi connectivity index (χ0n) is 7.03. The molecule has 0 saturated heterocycles. The Hall–Kier alpha value is -1.31. The van der Waals surface area contributed by atoms with E-state index in [4.69, 9.17) is 4.74 Å². The molecule has 0 radical (unpaired) electrons. The maximum absolute atomic E-state index is 5.33.